The van der Waals surface area contributed by atoms with E-state index in [0.717, 1.165) is 5.69 Å². The van der Waals surface area contributed by atoms with Crippen LogP contribution in [0.3, 0.4) is 0 Å². The number of carbonyl (C=O) groups excluding carboxylic acids is 1. The second-order valence-electron chi connectivity index (χ2n) is 9.35. The summed E-state index contributed by atoms with van der Waals surface area (Å²) in [5, 5.41) is 9.69. The minimum absolute atomic E-state index is 0.0649. The normalized spacial score (nSPS) is 17.5. The molecule has 1 aromatic heterocycles. The van der Waals surface area contributed by atoms with E-state index in [1.807, 2.05) is 19.9 Å². The van der Waals surface area contributed by atoms with Gasteiger partial charge in [0.15, 0.2) is 0 Å². The van der Waals surface area contributed by atoms with Crippen molar-refractivity contribution in [3.63, 3.8) is 0 Å². The second-order valence-corrected chi connectivity index (χ2v) is 11.0. The smallest absolute Gasteiger partial charge is 0.270 e. The van der Waals surface area contributed by atoms with E-state index >= 15 is 0 Å². The number of halogens is 1. The van der Waals surface area contributed by atoms with Gasteiger partial charge in [0.25, 0.3) is 11.5 Å². The standard InChI is InChI=1S/C26H28FN5O2S2/c1-16(2)15-32-25(34)22(36-26(32)35)13-20-17(3)21(14-28)24(33)29(4)23(20)31-11-9-30(10-12-31)19-7-5-18(27)6-8-19/h5-8,13,16H,9-12,15H2,1-4H3. The molecule has 0 unspecified atom stereocenters. The first-order valence-electron chi connectivity index (χ1n) is 11.8. The summed E-state index contributed by atoms with van der Waals surface area (Å²) < 4.78 is 15.4. The zero-order valence-corrected chi connectivity index (χ0v) is 22.4. The molecule has 4 rings (SSSR count). The van der Waals surface area contributed by atoms with Crippen LogP contribution in [0.15, 0.2) is 34.0 Å². The molecular weight excluding hydrogens is 497 g/mol. The van der Waals surface area contributed by atoms with Gasteiger partial charge in [-0.1, -0.05) is 37.8 Å². The number of rotatable bonds is 5. The third-order valence-corrected chi connectivity index (χ3v) is 7.81. The Morgan fingerprint density at radius 1 is 1.14 bits per heavy atom. The number of thiocarbonyl (C=S) groups is 1. The van der Waals surface area contributed by atoms with Crippen LogP contribution in [0.5, 0.6) is 0 Å². The number of nitrogens with zero attached hydrogens (tertiary/aromatic N) is 5. The van der Waals surface area contributed by atoms with Crippen molar-refractivity contribution < 1.29 is 9.18 Å². The summed E-state index contributed by atoms with van der Waals surface area (Å²) in [5.74, 6) is 0.509. The quantitative estimate of drug-likeness (QED) is 0.433. The molecule has 2 aliphatic rings. The molecule has 2 aliphatic heterocycles. The molecule has 2 aromatic rings. The molecule has 0 bridgehead atoms. The van der Waals surface area contributed by atoms with Crippen molar-refractivity contribution in [3.8, 4) is 6.07 Å². The van der Waals surface area contributed by atoms with E-state index in [1.165, 1.54) is 28.5 Å². The number of hydrogen-bond acceptors (Lipinski definition) is 7. The molecule has 0 aliphatic carbocycles. The van der Waals surface area contributed by atoms with Crippen molar-refractivity contribution in [1.82, 2.24) is 9.47 Å². The van der Waals surface area contributed by atoms with Gasteiger partial charge < -0.3 is 9.80 Å². The molecule has 0 radical (unpaired) electrons. The summed E-state index contributed by atoms with van der Waals surface area (Å²) >= 11 is 6.71. The number of nitriles is 1. The molecule has 2 fully saturated rings. The monoisotopic (exact) mass is 525 g/mol. The van der Waals surface area contributed by atoms with Crippen LogP contribution in [0.4, 0.5) is 15.9 Å². The summed E-state index contributed by atoms with van der Waals surface area (Å²) in [6, 6.07) is 8.46. The molecular formula is C26H28FN5O2S2. The lowest BCUT2D eigenvalue weighted by atomic mass is 10.0. The van der Waals surface area contributed by atoms with Crippen molar-refractivity contribution in [3.05, 3.63) is 62.0 Å². The Bertz CT molecular complexity index is 1340. The number of thioether (sulfide) groups is 1. The summed E-state index contributed by atoms with van der Waals surface area (Å²) in [5.41, 5.74) is 1.86. The fraction of sp³-hybridized carbons (Fsp3) is 0.385. The van der Waals surface area contributed by atoms with Crippen molar-refractivity contribution in [2.45, 2.75) is 20.8 Å². The van der Waals surface area contributed by atoms with E-state index in [0.29, 0.717) is 58.9 Å². The fourth-order valence-corrected chi connectivity index (χ4v) is 5.83. The van der Waals surface area contributed by atoms with Crippen LogP contribution in [0.2, 0.25) is 0 Å². The van der Waals surface area contributed by atoms with Gasteiger partial charge in [0.1, 0.15) is 27.6 Å². The van der Waals surface area contributed by atoms with Gasteiger partial charge in [0, 0.05) is 51.0 Å². The summed E-state index contributed by atoms with van der Waals surface area (Å²) in [6.07, 6.45) is 1.77. The van der Waals surface area contributed by atoms with E-state index in [-0.39, 0.29) is 28.8 Å². The highest BCUT2D eigenvalue weighted by Gasteiger charge is 2.33. The summed E-state index contributed by atoms with van der Waals surface area (Å²) in [7, 11) is 1.66. The van der Waals surface area contributed by atoms with Crippen LogP contribution in [-0.2, 0) is 11.8 Å². The number of anilines is 2. The van der Waals surface area contributed by atoms with Crippen molar-refractivity contribution >= 4 is 51.8 Å². The molecule has 188 valence electrons. The van der Waals surface area contributed by atoms with Gasteiger partial charge in [-0.25, -0.2) is 4.39 Å². The number of amides is 1. The highest BCUT2D eigenvalue weighted by atomic mass is 32.2. The van der Waals surface area contributed by atoms with Gasteiger partial charge >= 0.3 is 0 Å². The minimum atomic E-state index is -0.365. The maximum absolute atomic E-state index is 13.3. The Hall–Kier alpha value is -3.16. The second kappa shape index (κ2) is 10.4. The molecule has 1 aromatic carbocycles. The number of piperazine rings is 1. The minimum Gasteiger partial charge on any atom is -0.368 e. The molecule has 2 saturated heterocycles. The third-order valence-electron chi connectivity index (χ3n) is 6.44. The van der Waals surface area contributed by atoms with Crippen molar-refractivity contribution in [1.29, 1.82) is 5.26 Å². The number of hydrogen-bond donors (Lipinski definition) is 0. The molecule has 10 heteroatoms. The van der Waals surface area contributed by atoms with E-state index in [1.54, 1.807) is 37.1 Å². The van der Waals surface area contributed by atoms with Crippen LogP contribution in [0.25, 0.3) is 6.08 Å². The Morgan fingerprint density at radius 3 is 2.33 bits per heavy atom. The molecule has 1 amide bonds. The first kappa shape index (κ1) is 25.9. The average Bonchev–Trinajstić information content (AvgIpc) is 3.11. The van der Waals surface area contributed by atoms with Crippen LogP contribution in [-0.4, -0.2) is 52.4 Å². The van der Waals surface area contributed by atoms with E-state index in [9.17, 15) is 19.2 Å². The Labute approximate surface area is 219 Å². The fourth-order valence-electron chi connectivity index (χ4n) is 4.58. The molecule has 0 spiro atoms. The van der Waals surface area contributed by atoms with Crippen LogP contribution >= 0.6 is 24.0 Å². The van der Waals surface area contributed by atoms with Gasteiger partial charge in [-0.2, -0.15) is 5.26 Å². The molecule has 7 nitrogen and oxygen atoms in total. The molecule has 0 N–H and O–H groups in total. The first-order chi connectivity index (χ1) is 17.1. The van der Waals surface area contributed by atoms with E-state index < -0.39 is 0 Å². The summed E-state index contributed by atoms with van der Waals surface area (Å²) in [6.45, 7) is 8.93. The number of aromatic nitrogens is 1. The number of benzene rings is 1. The Kier molecular flexibility index (Phi) is 7.52. The van der Waals surface area contributed by atoms with Crippen LogP contribution in [0.1, 0.15) is 30.5 Å². The highest BCUT2D eigenvalue weighted by Crippen LogP contribution is 2.36. The van der Waals surface area contributed by atoms with Gasteiger partial charge in [0.2, 0.25) is 0 Å². The molecule has 0 atom stereocenters. The lowest BCUT2D eigenvalue weighted by molar-refractivity contribution is -0.122. The van der Waals surface area contributed by atoms with Crippen LogP contribution < -0.4 is 15.4 Å². The maximum Gasteiger partial charge on any atom is 0.270 e. The van der Waals surface area contributed by atoms with Crippen molar-refractivity contribution in [2.24, 2.45) is 13.0 Å². The lowest BCUT2D eigenvalue weighted by Gasteiger charge is -2.38. The topological polar surface area (TPSA) is 72.6 Å². The van der Waals surface area contributed by atoms with Crippen molar-refractivity contribution in [2.75, 3.05) is 42.5 Å². The zero-order chi connectivity index (χ0) is 26.1. The largest absolute Gasteiger partial charge is 0.368 e. The van der Waals surface area contributed by atoms with Gasteiger partial charge in [-0.05, 0) is 48.7 Å². The summed E-state index contributed by atoms with van der Waals surface area (Å²) in [4.78, 5) is 32.6. The third kappa shape index (κ3) is 4.90. The number of carbonyl (C=O) groups is 1. The Balaban J connectivity index is 1.72. The predicted molar refractivity (Wildman–Crippen MR) is 147 cm³/mol. The highest BCUT2D eigenvalue weighted by molar-refractivity contribution is 8.26. The Morgan fingerprint density at radius 2 is 1.75 bits per heavy atom. The zero-order valence-electron chi connectivity index (χ0n) is 20.7. The van der Waals surface area contributed by atoms with Crippen LogP contribution in [0, 0.1) is 30.0 Å². The molecule has 3 heterocycles. The SMILES string of the molecule is Cc1c(C=C2SC(=S)N(CC(C)C)C2=O)c(N2CCN(c3ccc(F)cc3)CC2)n(C)c(=O)c1C#N. The van der Waals surface area contributed by atoms with E-state index in [2.05, 4.69) is 9.80 Å². The maximum atomic E-state index is 13.3. The first-order valence-corrected chi connectivity index (χ1v) is 13.0. The van der Waals surface area contributed by atoms with Gasteiger partial charge in [0.05, 0.1) is 4.91 Å². The van der Waals surface area contributed by atoms with E-state index in [4.69, 9.17) is 12.2 Å². The van der Waals surface area contributed by atoms with Gasteiger partial charge in [-0.3, -0.25) is 19.1 Å². The molecule has 36 heavy (non-hydrogen) atoms. The van der Waals surface area contributed by atoms with Gasteiger partial charge in [-0.15, -0.1) is 0 Å². The predicted octanol–water partition coefficient (Wildman–Crippen LogP) is 3.89. The lowest BCUT2D eigenvalue weighted by Crippen LogP contribution is -2.48. The average molecular weight is 526 g/mol. The number of pyridine rings is 1. The molecule has 0 saturated carbocycles.